The summed E-state index contributed by atoms with van der Waals surface area (Å²) in [6.07, 6.45) is 1.27. The van der Waals surface area contributed by atoms with E-state index in [1.165, 1.54) is 11.7 Å². The molecule has 0 saturated heterocycles. The summed E-state index contributed by atoms with van der Waals surface area (Å²) in [5.74, 6) is 0. The van der Waals surface area contributed by atoms with Gasteiger partial charge in [0.25, 0.3) is 0 Å². The average molecular weight is 77.5 g/mol. The maximum atomic E-state index is 4.88. The van der Waals surface area contributed by atoms with E-state index < -0.39 is 0 Å². The van der Waals surface area contributed by atoms with Gasteiger partial charge < -0.3 is 5.73 Å². The van der Waals surface area contributed by atoms with Crippen molar-refractivity contribution in [3.8, 4) is 0 Å². The molecule has 0 aromatic rings. The molecule has 1 nitrogen and oxygen atoms in total. The Bertz CT molecular complexity index is 21.2. The van der Waals surface area contributed by atoms with Crippen LogP contribution in [0, 0.1) is 0 Å². The summed E-state index contributed by atoms with van der Waals surface area (Å²) in [6.45, 7) is 0. The van der Waals surface area contributed by atoms with Gasteiger partial charge >= 0.3 is 0 Å². The molecule has 24 valence electrons. The molecule has 0 aliphatic carbocycles. The second-order valence-corrected chi connectivity index (χ2v) is 0.570. The molecule has 0 rings (SSSR count). The lowest BCUT2D eigenvalue weighted by atomic mass is 11.1. The molecule has 2 N–H and O–H groups in total. The number of hydrogen-bond acceptors (Lipinski definition) is 1. The van der Waals surface area contributed by atoms with Gasteiger partial charge in [-0.1, -0.05) is 11.6 Å². The summed E-state index contributed by atoms with van der Waals surface area (Å²) in [4.78, 5) is 0. The highest BCUT2D eigenvalue weighted by molar-refractivity contribution is 6.25. The summed E-state index contributed by atoms with van der Waals surface area (Å²) in [5, 5.41) is 0. The molecule has 0 radical (unpaired) electrons. The van der Waals surface area contributed by atoms with Crippen LogP contribution in [0.2, 0.25) is 0 Å². The fraction of sp³-hybridized carbons (Fsp3) is 0. The van der Waals surface area contributed by atoms with E-state index in [1.54, 1.807) is 0 Å². The molecule has 4 heavy (non-hydrogen) atoms. The van der Waals surface area contributed by atoms with Crippen LogP contribution in [0.5, 0.6) is 0 Å². The quantitative estimate of drug-likeness (QED) is 0.452. The topological polar surface area (TPSA) is 26.0 Å². The molecule has 0 amide bonds. The molecule has 0 aliphatic rings. The first-order valence-corrected chi connectivity index (χ1v) is 1.32. The zero-order valence-corrected chi connectivity index (χ0v) is 2.87. The van der Waals surface area contributed by atoms with Crippen LogP contribution >= 0.6 is 11.6 Å². The summed E-state index contributed by atoms with van der Waals surface area (Å²) < 4.78 is 0. The van der Waals surface area contributed by atoms with E-state index in [4.69, 9.17) is 17.3 Å². The van der Waals surface area contributed by atoms with Gasteiger partial charge in [0.1, 0.15) is 0 Å². The van der Waals surface area contributed by atoms with Crippen molar-refractivity contribution in [2.75, 3.05) is 0 Å². The zero-order valence-electron chi connectivity index (χ0n) is 2.11. The van der Waals surface area contributed by atoms with E-state index in [2.05, 4.69) is 0 Å². The molecule has 0 saturated carbocycles. The normalized spacial score (nSPS) is 9.25. The highest BCUT2D eigenvalue weighted by Crippen LogP contribution is 1.65. The molecule has 0 heterocycles. The fourth-order valence-corrected chi connectivity index (χ4v) is 0. The van der Waals surface area contributed by atoms with Gasteiger partial charge in [-0.05, 0) is 0 Å². The van der Waals surface area contributed by atoms with Gasteiger partial charge in [0.05, 0.1) is 0 Å². The minimum atomic E-state index is 1.25. The van der Waals surface area contributed by atoms with E-state index in [0.717, 1.165) is 0 Å². The van der Waals surface area contributed by atoms with Crippen LogP contribution in [-0.2, 0) is 0 Å². The van der Waals surface area contributed by atoms with E-state index >= 15 is 0 Å². The Hall–Kier alpha value is -0.170. The third kappa shape index (κ3) is 1.83. The predicted molar refractivity (Wildman–Crippen MR) is 19.2 cm³/mol. The van der Waals surface area contributed by atoms with Gasteiger partial charge in [-0.2, -0.15) is 0 Å². The van der Waals surface area contributed by atoms with Crippen molar-refractivity contribution in [1.29, 1.82) is 0 Å². The Morgan fingerprint density at radius 1 is 1.75 bits per heavy atom. The maximum Gasteiger partial charge on any atom is 0.0197 e. The Morgan fingerprint density at radius 3 is 2.00 bits per heavy atom. The zero-order chi connectivity index (χ0) is 3.41. The van der Waals surface area contributed by atoms with Crippen LogP contribution in [0.4, 0.5) is 0 Å². The summed E-state index contributed by atoms with van der Waals surface area (Å²) >= 11 is 4.88. The molecule has 2 heteroatoms. The van der Waals surface area contributed by atoms with Crippen LogP contribution in [0.1, 0.15) is 0 Å². The monoisotopic (exact) mass is 77.0 g/mol. The summed E-state index contributed by atoms with van der Waals surface area (Å²) in [7, 11) is 0. The Kier molecular flexibility index (Phi) is 2.71. The number of halogens is 1. The minimum Gasteiger partial charge on any atom is -0.404 e. The van der Waals surface area contributed by atoms with Crippen molar-refractivity contribution < 1.29 is 0 Å². The Balaban J connectivity index is 2.55. The Labute approximate surface area is 30.1 Å². The van der Waals surface area contributed by atoms with E-state index in [-0.39, 0.29) is 0 Å². The lowest BCUT2D eigenvalue weighted by Crippen LogP contribution is -1.69. The molecule has 0 bridgehead atoms. The third-order valence-electron chi connectivity index (χ3n) is 0.0727. The number of nitrogens with two attached hydrogens (primary N) is 1. The van der Waals surface area contributed by atoms with Crippen LogP contribution in [0.15, 0.2) is 11.7 Å². The molecule has 0 fully saturated rings. The highest BCUT2D eigenvalue weighted by Gasteiger charge is 1.35. The average Bonchev–Trinajstić information content (AvgIpc) is 1.37. The molecule has 0 aromatic carbocycles. The summed E-state index contributed by atoms with van der Waals surface area (Å²) in [6, 6.07) is 0. The standard InChI is InChI=1S/C2H4ClN/c3-1-2-4/h1-2H,4H2. The molecular weight excluding hydrogens is 73.5 g/mol. The maximum absolute atomic E-state index is 4.88. The molecular formula is C2H4ClN. The van der Waals surface area contributed by atoms with Gasteiger partial charge in [0, 0.05) is 11.7 Å². The van der Waals surface area contributed by atoms with Crippen molar-refractivity contribution in [3.05, 3.63) is 11.7 Å². The van der Waals surface area contributed by atoms with Crippen LogP contribution < -0.4 is 5.73 Å². The second kappa shape index (κ2) is 2.83. The Morgan fingerprint density at radius 2 is 2.00 bits per heavy atom. The van der Waals surface area contributed by atoms with E-state index in [9.17, 15) is 0 Å². The molecule has 0 unspecified atom stereocenters. The van der Waals surface area contributed by atoms with E-state index in [1.807, 2.05) is 0 Å². The summed E-state index contributed by atoms with van der Waals surface area (Å²) in [5.41, 5.74) is 5.97. The first-order chi connectivity index (χ1) is 1.91. The minimum absolute atomic E-state index is 1.25. The van der Waals surface area contributed by atoms with Crippen LogP contribution in [0.25, 0.3) is 0 Å². The highest BCUT2D eigenvalue weighted by atomic mass is 35.5. The van der Waals surface area contributed by atoms with Crippen molar-refractivity contribution in [2.24, 2.45) is 5.73 Å². The smallest absolute Gasteiger partial charge is 0.0197 e. The van der Waals surface area contributed by atoms with Gasteiger partial charge in [-0.3, -0.25) is 0 Å². The molecule has 0 aliphatic heterocycles. The first-order valence-electron chi connectivity index (χ1n) is 0.885. The van der Waals surface area contributed by atoms with Gasteiger partial charge in [-0.25, -0.2) is 0 Å². The second-order valence-electron chi connectivity index (χ2n) is 0.318. The van der Waals surface area contributed by atoms with Crippen molar-refractivity contribution in [1.82, 2.24) is 0 Å². The first kappa shape index (κ1) is 3.83. The van der Waals surface area contributed by atoms with Gasteiger partial charge in [0.2, 0.25) is 0 Å². The third-order valence-corrected chi connectivity index (χ3v) is 0.218. The van der Waals surface area contributed by atoms with Gasteiger partial charge in [-0.15, -0.1) is 0 Å². The SMILES string of the molecule is NC=CCl. The van der Waals surface area contributed by atoms with Crippen molar-refractivity contribution >= 4 is 11.6 Å². The lowest BCUT2D eigenvalue weighted by molar-refractivity contribution is 1.63. The van der Waals surface area contributed by atoms with Crippen molar-refractivity contribution in [2.45, 2.75) is 0 Å². The molecule has 0 aromatic heterocycles. The van der Waals surface area contributed by atoms with Gasteiger partial charge in [0.15, 0.2) is 0 Å². The number of rotatable bonds is 0. The lowest BCUT2D eigenvalue weighted by Gasteiger charge is -1.51. The number of hydrogen-bond donors (Lipinski definition) is 1. The largest absolute Gasteiger partial charge is 0.404 e. The van der Waals surface area contributed by atoms with Crippen LogP contribution in [0.3, 0.4) is 0 Å². The molecule has 0 atom stereocenters. The fourth-order valence-electron chi connectivity index (χ4n) is 0. The van der Waals surface area contributed by atoms with Crippen molar-refractivity contribution in [3.63, 3.8) is 0 Å². The predicted octanol–water partition coefficient (Wildman–Crippen LogP) is 0.655. The van der Waals surface area contributed by atoms with Crippen LogP contribution in [-0.4, -0.2) is 0 Å². The molecule has 0 spiro atoms. The van der Waals surface area contributed by atoms with E-state index in [0.29, 0.717) is 0 Å².